The molecule has 0 bridgehead atoms. The number of carbonyl (C=O) groups is 12. The number of methoxy groups -OCH3 is 1. The van der Waals surface area contributed by atoms with Gasteiger partial charge in [-0.15, -0.1) is 16.4 Å². The molecule has 3 heterocycles. The fraction of sp³-hybridized carbons (Fsp3) is 0.683. The number of aromatic nitrogens is 2. The van der Waals surface area contributed by atoms with Crippen molar-refractivity contribution in [3.63, 3.8) is 0 Å². The monoisotopic (exact) mass is 1310 g/mol. The van der Waals surface area contributed by atoms with Crippen molar-refractivity contribution in [3.05, 3.63) is 46.2 Å². The Bertz CT molecular complexity index is 2720. The highest BCUT2D eigenvalue weighted by molar-refractivity contribution is 7.09. The van der Waals surface area contributed by atoms with Crippen LogP contribution in [0.15, 0.2) is 29.8 Å². The van der Waals surface area contributed by atoms with E-state index >= 15 is 4.79 Å². The van der Waals surface area contributed by atoms with E-state index in [0.29, 0.717) is 74.0 Å². The molecule has 514 valence electrons. The fourth-order valence-electron chi connectivity index (χ4n) is 9.79. The number of esters is 1. The summed E-state index contributed by atoms with van der Waals surface area (Å²) >= 11 is 1.13. The van der Waals surface area contributed by atoms with E-state index in [1.54, 1.807) is 62.4 Å². The Morgan fingerprint density at radius 2 is 1.52 bits per heavy atom. The number of unbranched alkanes of at least 4 members (excludes halogenated alkanes) is 1. The molecule has 29 heteroatoms. The lowest BCUT2D eigenvalue weighted by Crippen LogP contribution is -2.61. The Hall–Kier alpha value is -7.50. The van der Waals surface area contributed by atoms with Crippen LogP contribution in [0.5, 0.6) is 0 Å². The third kappa shape index (κ3) is 27.4. The lowest BCUT2D eigenvalue weighted by molar-refractivity contribution is -0.197. The number of hydroxylamine groups is 2. The van der Waals surface area contributed by atoms with Gasteiger partial charge < -0.3 is 60.6 Å². The van der Waals surface area contributed by atoms with Crippen molar-refractivity contribution in [2.75, 3.05) is 60.2 Å². The molecule has 28 nitrogen and oxygen atoms in total. The van der Waals surface area contributed by atoms with Gasteiger partial charge in [-0.1, -0.05) is 47.1 Å². The zero-order chi connectivity index (χ0) is 68.5. The van der Waals surface area contributed by atoms with Crippen LogP contribution < -0.4 is 31.9 Å². The van der Waals surface area contributed by atoms with Crippen LogP contribution in [0, 0.1) is 11.8 Å². The predicted molar refractivity (Wildman–Crippen MR) is 338 cm³/mol. The van der Waals surface area contributed by atoms with Crippen molar-refractivity contribution >= 4 is 82.9 Å². The van der Waals surface area contributed by atoms with Gasteiger partial charge in [0.1, 0.15) is 34.9 Å². The number of carbonyl (C=O) groups excluding carboxylic acids is 12. The van der Waals surface area contributed by atoms with Crippen molar-refractivity contribution in [1.29, 1.82) is 0 Å². The van der Waals surface area contributed by atoms with E-state index in [-0.39, 0.29) is 113 Å². The van der Waals surface area contributed by atoms with Crippen molar-refractivity contribution in [1.82, 2.24) is 56.7 Å². The van der Waals surface area contributed by atoms with E-state index in [4.69, 9.17) is 23.8 Å². The van der Waals surface area contributed by atoms with E-state index in [0.717, 1.165) is 11.3 Å². The third-order valence-corrected chi connectivity index (χ3v) is 16.6. The highest BCUT2D eigenvalue weighted by Crippen LogP contribution is 2.32. The molecule has 3 rings (SSSR count). The second kappa shape index (κ2) is 41.2. The zero-order valence-electron chi connectivity index (χ0n) is 55.6. The number of thiazole rings is 1. The first kappa shape index (κ1) is 78.7. The minimum absolute atomic E-state index is 0.00622. The first-order valence-corrected chi connectivity index (χ1v) is 32.6. The summed E-state index contributed by atoms with van der Waals surface area (Å²) in [6, 6.07) is 1.17. The minimum Gasteiger partial charge on any atom is -0.465 e. The van der Waals surface area contributed by atoms with Gasteiger partial charge in [0.2, 0.25) is 35.4 Å². The van der Waals surface area contributed by atoms with E-state index in [2.05, 4.69) is 41.9 Å². The number of imide groups is 1. The summed E-state index contributed by atoms with van der Waals surface area (Å²) in [5.74, 6) is -6.61. The summed E-state index contributed by atoms with van der Waals surface area (Å²) < 4.78 is 21.3. The van der Waals surface area contributed by atoms with Gasteiger partial charge in [-0.25, -0.2) is 9.78 Å². The van der Waals surface area contributed by atoms with Gasteiger partial charge in [0.25, 0.3) is 24.2 Å². The predicted octanol–water partition coefficient (Wildman–Crippen LogP) is 3.55. The molecule has 0 aromatic carbocycles. The molecule has 0 spiro atoms. The molecule has 2 aromatic heterocycles. The molecule has 0 aliphatic carbocycles. The Morgan fingerprint density at radius 1 is 0.815 bits per heavy atom. The van der Waals surface area contributed by atoms with Crippen LogP contribution in [-0.4, -0.2) is 198 Å². The molecule has 9 amide bonds. The SMILES string of the molecule is CCCN(C(=O)[C@@H](NC(=O)C(C)(C)N(C)CCC(=O)NC(CCCCNC(=O)CCOCCOC)C(=O)NC(C)C(=O)NCCCC(=O)ON1C(=O)CCC1=O)C(C)CC)[C@H](C[C@@H](OC(C)=O)c1nc(C(=O)N[C@@H](Cc2ccccn2)CC(C)OC=O)cs1)C(C)C. The summed E-state index contributed by atoms with van der Waals surface area (Å²) in [4.78, 5) is 174. The lowest BCUT2D eigenvalue weighted by atomic mass is 9.91. The van der Waals surface area contributed by atoms with E-state index in [1.165, 1.54) is 13.8 Å². The molecule has 0 saturated carbocycles. The molecular formula is C63H99N11O17S. The quantitative estimate of drug-likeness (QED) is 0.0239. The molecular weight excluding hydrogens is 1210 g/mol. The van der Waals surface area contributed by atoms with Crippen LogP contribution >= 0.6 is 11.3 Å². The number of hydrogen-bond donors (Lipinski definition) is 6. The summed E-state index contributed by atoms with van der Waals surface area (Å²) in [5, 5.41) is 19.2. The topological polar surface area (TPSA) is 359 Å². The normalized spacial score (nSPS) is 15.0. The highest BCUT2D eigenvalue weighted by Gasteiger charge is 2.41. The Labute approximate surface area is 544 Å². The van der Waals surface area contributed by atoms with E-state index in [9.17, 15) is 52.7 Å². The number of likely N-dealkylation sites (N-methyl/N-ethyl adjacent to an activating group) is 1. The Balaban J connectivity index is 1.74. The molecule has 6 N–H and O–H groups in total. The summed E-state index contributed by atoms with van der Waals surface area (Å²) in [7, 11) is 3.20. The largest absolute Gasteiger partial charge is 0.465 e. The number of nitrogens with one attached hydrogen (secondary N) is 6. The second-order valence-corrected chi connectivity index (χ2v) is 24.7. The van der Waals surface area contributed by atoms with Crippen LogP contribution in [0.2, 0.25) is 0 Å². The van der Waals surface area contributed by atoms with E-state index < -0.39 is 101 Å². The summed E-state index contributed by atoms with van der Waals surface area (Å²) in [5.41, 5.74) is -0.515. The Kier molecular flexibility index (Phi) is 35.2. The third-order valence-electron chi connectivity index (χ3n) is 15.7. The van der Waals surface area contributed by atoms with E-state index in [1.807, 2.05) is 46.8 Å². The molecule has 1 aliphatic heterocycles. The molecule has 4 unspecified atom stereocenters. The maximum Gasteiger partial charge on any atom is 0.333 e. The highest BCUT2D eigenvalue weighted by atomic mass is 32.1. The summed E-state index contributed by atoms with van der Waals surface area (Å²) in [6.07, 6.45) is 2.64. The van der Waals surface area contributed by atoms with Gasteiger partial charge in [0.05, 0.1) is 25.4 Å². The number of amides is 9. The van der Waals surface area contributed by atoms with Crippen LogP contribution in [0.1, 0.15) is 180 Å². The van der Waals surface area contributed by atoms with Gasteiger partial charge in [0.15, 0.2) is 6.10 Å². The average Bonchev–Trinajstić information content (AvgIpc) is 1.79. The lowest BCUT2D eigenvalue weighted by Gasteiger charge is -2.41. The summed E-state index contributed by atoms with van der Waals surface area (Å²) in [6.45, 7) is 19.2. The smallest absolute Gasteiger partial charge is 0.333 e. The maximum atomic E-state index is 15.2. The minimum atomic E-state index is -1.30. The second-order valence-electron chi connectivity index (χ2n) is 23.8. The molecule has 1 fully saturated rings. The number of pyridine rings is 1. The van der Waals surface area contributed by atoms with Crippen LogP contribution in [-0.2, 0) is 82.9 Å². The number of ether oxygens (including phenoxy) is 4. The van der Waals surface area contributed by atoms with Crippen molar-refractivity contribution in [3.8, 4) is 0 Å². The van der Waals surface area contributed by atoms with Crippen molar-refractivity contribution < 1.29 is 81.3 Å². The van der Waals surface area contributed by atoms with Gasteiger partial charge in [-0.05, 0) is 90.8 Å². The number of rotatable bonds is 45. The van der Waals surface area contributed by atoms with Crippen LogP contribution in [0.4, 0.5) is 0 Å². The first-order chi connectivity index (χ1) is 43.7. The van der Waals surface area contributed by atoms with Gasteiger partial charge in [-0.2, -0.15) is 0 Å². The zero-order valence-corrected chi connectivity index (χ0v) is 56.4. The van der Waals surface area contributed by atoms with Crippen LogP contribution in [0.25, 0.3) is 0 Å². The molecule has 1 aliphatic rings. The first-order valence-electron chi connectivity index (χ1n) is 31.7. The van der Waals surface area contributed by atoms with Gasteiger partial charge >= 0.3 is 11.9 Å². The molecule has 92 heavy (non-hydrogen) atoms. The van der Waals surface area contributed by atoms with Gasteiger partial charge in [-0.3, -0.25) is 62.6 Å². The molecule has 2 aromatic rings. The standard InChI is InChI=1S/C63H99N11O17S/c1-13-30-73(49(40(3)4)37-50(90-44(8)76)60-70-48(38-92-60)59(84)68-46(35-42(6)89-39-75)36-45-20-15-17-27-64-45)61(85)56(41(5)14-2)71-62(86)63(9,10)72(11)31-25-52(78)69-47(21-16-18-28-65-51(77)26-32-88-34-33-87-12)58(83)67-43(7)57(82)66-29-19-22-55(81)91-74-53(79)23-24-54(74)80/h15,17,20,27,38-43,46-47,49-50,56H,13-14,16,18-19,21-26,28-37H2,1-12H3,(H,65,77)(H,66,82)(H,67,83)(H,68,84)(H,69,78)(H,71,86)/t41?,42?,43?,46-,47?,49-,50-,56+/m1/s1. The number of hydrogen-bond acceptors (Lipinski definition) is 21. The average molecular weight is 1310 g/mol. The molecule has 1 saturated heterocycles. The van der Waals surface area contributed by atoms with Crippen molar-refractivity contribution in [2.24, 2.45) is 11.8 Å². The fourth-order valence-corrected chi connectivity index (χ4v) is 10.6. The maximum absolute atomic E-state index is 15.2. The van der Waals surface area contributed by atoms with Gasteiger partial charge in [0, 0.05) is 121 Å². The Morgan fingerprint density at radius 3 is 2.15 bits per heavy atom. The van der Waals surface area contributed by atoms with Crippen LogP contribution in [0.3, 0.4) is 0 Å². The van der Waals surface area contributed by atoms with Crippen molar-refractivity contribution in [2.45, 2.75) is 207 Å². The number of nitrogens with zero attached hydrogens (tertiary/aromatic N) is 5. The molecule has 8 atom stereocenters. The molecule has 0 radical (unpaired) electrons.